The number of carbonyl (C=O) groups excluding carboxylic acids is 2. The fourth-order valence-electron chi connectivity index (χ4n) is 4.55. The maximum atomic E-state index is 13.4. The second kappa shape index (κ2) is 11.0. The number of rotatable bonds is 9. The van der Waals surface area contributed by atoms with Gasteiger partial charge in [-0.05, 0) is 57.3 Å². The molecule has 1 amide bonds. The highest BCUT2D eigenvalue weighted by Crippen LogP contribution is 2.39. The average Bonchev–Trinajstić information content (AvgIpc) is 3.25. The Kier molecular flexibility index (Phi) is 8.37. The lowest BCUT2D eigenvalue weighted by Gasteiger charge is -2.43. The summed E-state index contributed by atoms with van der Waals surface area (Å²) < 4.78 is 5.22. The van der Waals surface area contributed by atoms with E-state index in [1.54, 1.807) is 18.7 Å². The number of nitrogens with zero attached hydrogens (tertiary/aromatic N) is 1. The van der Waals surface area contributed by atoms with E-state index in [0.717, 1.165) is 24.2 Å². The number of piperidine rings is 1. The van der Waals surface area contributed by atoms with Crippen molar-refractivity contribution < 1.29 is 24.2 Å². The van der Waals surface area contributed by atoms with Gasteiger partial charge in [0.2, 0.25) is 5.91 Å². The highest BCUT2D eigenvalue weighted by molar-refractivity contribution is 8.00. The van der Waals surface area contributed by atoms with E-state index in [2.05, 4.69) is 5.32 Å². The third kappa shape index (κ3) is 5.80. The first-order valence-corrected chi connectivity index (χ1v) is 12.1. The molecule has 2 saturated heterocycles. The minimum absolute atomic E-state index is 0.0537. The summed E-state index contributed by atoms with van der Waals surface area (Å²) in [5.41, 5.74) is 1.10. The van der Waals surface area contributed by atoms with Crippen LogP contribution in [-0.2, 0) is 25.5 Å². The molecule has 1 aromatic rings. The van der Waals surface area contributed by atoms with Gasteiger partial charge >= 0.3 is 11.9 Å². The zero-order chi connectivity index (χ0) is 22.4. The standard InChI is InChI=1S/C23H32N2O5S/c1-3-30-23(29)17(10-9-16-7-5-4-6-8-16)24-15(2)21(26)25-18-13-14-31-20(18)12-11-19(25)22(27)28/h4-8,15,17-20,24H,3,9-14H2,1-2H3,(H,27,28)/t15-,17?,18?,19?,20?/m0/s1. The first kappa shape index (κ1) is 23.6. The lowest BCUT2D eigenvalue weighted by Crippen LogP contribution is -2.61. The lowest BCUT2D eigenvalue weighted by atomic mass is 9.92. The number of aryl methyl sites for hydroxylation is 1. The number of carboxylic acid groups (broad SMARTS) is 1. The predicted octanol–water partition coefficient (Wildman–Crippen LogP) is 2.48. The Bertz CT molecular complexity index is 774. The van der Waals surface area contributed by atoms with Crippen LogP contribution in [0.25, 0.3) is 0 Å². The van der Waals surface area contributed by atoms with Crippen LogP contribution in [0.3, 0.4) is 0 Å². The van der Waals surface area contributed by atoms with Crippen molar-refractivity contribution >= 4 is 29.6 Å². The van der Waals surface area contributed by atoms with Crippen LogP contribution in [0.15, 0.2) is 30.3 Å². The number of aliphatic carboxylic acids is 1. The molecule has 2 heterocycles. The first-order chi connectivity index (χ1) is 14.9. The van der Waals surface area contributed by atoms with Gasteiger partial charge in [0.1, 0.15) is 12.1 Å². The van der Waals surface area contributed by atoms with Gasteiger partial charge in [-0.15, -0.1) is 0 Å². The molecule has 8 heteroatoms. The Balaban J connectivity index is 1.71. The molecule has 7 nitrogen and oxygen atoms in total. The topological polar surface area (TPSA) is 95.9 Å². The summed E-state index contributed by atoms with van der Waals surface area (Å²) in [6, 6.07) is 7.66. The number of fused-ring (bicyclic) bond motifs is 1. The Labute approximate surface area is 187 Å². The zero-order valence-electron chi connectivity index (χ0n) is 18.2. The number of ether oxygens (including phenoxy) is 1. The molecule has 170 valence electrons. The van der Waals surface area contributed by atoms with Crippen LogP contribution in [-0.4, -0.2) is 69.6 Å². The number of esters is 1. The third-order valence-corrected chi connectivity index (χ3v) is 7.54. The van der Waals surface area contributed by atoms with Gasteiger partial charge < -0.3 is 14.7 Å². The number of hydrogen-bond donors (Lipinski definition) is 2. The first-order valence-electron chi connectivity index (χ1n) is 11.1. The number of nitrogens with one attached hydrogen (secondary N) is 1. The number of carboxylic acids is 1. The van der Waals surface area contributed by atoms with Crippen LogP contribution >= 0.6 is 11.8 Å². The average molecular weight is 449 g/mol. The number of benzene rings is 1. The summed E-state index contributed by atoms with van der Waals surface area (Å²) in [5, 5.41) is 13.2. The van der Waals surface area contributed by atoms with Gasteiger partial charge in [0.15, 0.2) is 0 Å². The Morgan fingerprint density at radius 3 is 2.65 bits per heavy atom. The number of thioether (sulfide) groups is 1. The molecule has 5 atom stereocenters. The Hall–Kier alpha value is -2.06. The van der Waals surface area contributed by atoms with Crippen molar-refractivity contribution in [2.24, 2.45) is 0 Å². The van der Waals surface area contributed by atoms with E-state index in [0.29, 0.717) is 24.5 Å². The molecule has 0 aliphatic carbocycles. The third-order valence-electron chi connectivity index (χ3n) is 6.09. The minimum atomic E-state index is -0.957. The molecule has 2 aliphatic heterocycles. The van der Waals surface area contributed by atoms with Gasteiger partial charge in [-0.1, -0.05) is 30.3 Å². The van der Waals surface area contributed by atoms with Crippen molar-refractivity contribution in [2.75, 3.05) is 12.4 Å². The van der Waals surface area contributed by atoms with Crippen molar-refractivity contribution in [1.82, 2.24) is 10.2 Å². The molecule has 3 rings (SSSR count). The van der Waals surface area contributed by atoms with Crippen LogP contribution < -0.4 is 5.32 Å². The van der Waals surface area contributed by atoms with Crippen LogP contribution in [0.2, 0.25) is 0 Å². The second-order valence-corrected chi connectivity index (χ2v) is 9.51. The molecule has 0 saturated carbocycles. The van der Waals surface area contributed by atoms with E-state index in [1.807, 2.05) is 42.1 Å². The highest BCUT2D eigenvalue weighted by Gasteiger charge is 2.46. The largest absolute Gasteiger partial charge is 0.480 e. The molecule has 4 unspecified atom stereocenters. The summed E-state index contributed by atoms with van der Waals surface area (Å²) in [7, 11) is 0. The van der Waals surface area contributed by atoms with Gasteiger partial charge in [-0.3, -0.25) is 14.9 Å². The van der Waals surface area contributed by atoms with E-state index < -0.39 is 24.1 Å². The molecule has 2 fully saturated rings. The van der Waals surface area contributed by atoms with Gasteiger partial charge in [0.05, 0.1) is 12.6 Å². The molecule has 0 spiro atoms. The number of likely N-dealkylation sites (tertiary alicyclic amines) is 1. The number of amides is 1. The summed E-state index contributed by atoms with van der Waals surface area (Å²) in [6.45, 7) is 3.73. The smallest absolute Gasteiger partial charge is 0.326 e. The van der Waals surface area contributed by atoms with E-state index in [1.165, 1.54) is 0 Å². The van der Waals surface area contributed by atoms with Crippen molar-refractivity contribution in [3.05, 3.63) is 35.9 Å². The van der Waals surface area contributed by atoms with Crippen molar-refractivity contribution in [1.29, 1.82) is 0 Å². The second-order valence-electron chi connectivity index (χ2n) is 8.16. The molecular weight excluding hydrogens is 416 g/mol. The highest BCUT2D eigenvalue weighted by atomic mass is 32.2. The van der Waals surface area contributed by atoms with E-state index in [4.69, 9.17) is 4.74 Å². The zero-order valence-corrected chi connectivity index (χ0v) is 19.0. The summed E-state index contributed by atoms with van der Waals surface area (Å²) in [6.07, 6.45) is 3.26. The van der Waals surface area contributed by atoms with Crippen LogP contribution in [0.5, 0.6) is 0 Å². The molecule has 0 radical (unpaired) electrons. The van der Waals surface area contributed by atoms with Gasteiger partial charge in [-0.2, -0.15) is 11.8 Å². The SMILES string of the molecule is CCOC(=O)C(CCc1ccccc1)N[C@@H](C)C(=O)N1C(C(=O)O)CCC2SCCC21. The van der Waals surface area contributed by atoms with Gasteiger partial charge in [0, 0.05) is 11.3 Å². The molecule has 2 N–H and O–H groups in total. The fourth-order valence-corrected chi connectivity index (χ4v) is 6.02. The van der Waals surface area contributed by atoms with Gasteiger partial charge in [0.25, 0.3) is 0 Å². The van der Waals surface area contributed by atoms with Gasteiger partial charge in [-0.25, -0.2) is 4.79 Å². The van der Waals surface area contributed by atoms with Crippen LogP contribution in [0.4, 0.5) is 0 Å². The fraction of sp³-hybridized carbons (Fsp3) is 0.609. The van der Waals surface area contributed by atoms with Crippen molar-refractivity contribution in [3.63, 3.8) is 0 Å². The Morgan fingerprint density at radius 1 is 1.23 bits per heavy atom. The molecule has 0 bridgehead atoms. The normalized spacial score (nSPS) is 24.8. The van der Waals surface area contributed by atoms with E-state index in [-0.39, 0.29) is 24.5 Å². The molecular formula is C23H32N2O5S. The van der Waals surface area contributed by atoms with Crippen molar-refractivity contribution in [3.8, 4) is 0 Å². The van der Waals surface area contributed by atoms with Crippen LogP contribution in [0.1, 0.15) is 45.1 Å². The maximum Gasteiger partial charge on any atom is 0.326 e. The quantitative estimate of drug-likeness (QED) is 0.560. The Morgan fingerprint density at radius 2 is 1.97 bits per heavy atom. The summed E-state index contributed by atoms with van der Waals surface area (Å²) in [4.78, 5) is 39.4. The lowest BCUT2D eigenvalue weighted by molar-refractivity contribution is -0.156. The minimum Gasteiger partial charge on any atom is -0.480 e. The van der Waals surface area contributed by atoms with Crippen LogP contribution in [0, 0.1) is 0 Å². The molecule has 0 aromatic heterocycles. The number of carbonyl (C=O) groups is 3. The maximum absolute atomic E-state index is 13.4. The monoisotopic (exact) mass is 448 g/mol. The predicted molar refractivity (Wildman–Crippen MR) is 120 cm³/mol. The van der Waals surface area contributed by atoms with Crippen molar-refractivity contribution in [2.45, 2.75) is 75.4 Å². The molecule has 1 aromatic carbocycles. The number of hydrogen-bond acceptors (Lipinski definition) is 6. The molecule has 2 aliphatic rings. The summed E-state index contributed by atoms with van der Waals surface area (Å²) in [5.74, 6) is -0.656. The van der Waals surface area contributed by atoms with E-state index >= 15 is 0 Å². The molecule has 31 heavy (non-hydrogen) atoms. The summed E-state index contributed by atoms with van der Waals surface area (Å²) >= 11 is 1.82. The van der Waals surface area contributed by atoms with E-state index in [9.17, 15) is 19.5 Å².